The van der Waals surface area contributed by atoms with Gasteiger partial charge in [0, 0.05) is 57.7 Å². The molecule has 0 aromatic heterocycles. The van der Waals surface area contributed by atoms with Crippen LogP contribution in [0.2, 0.25) is 0 Å². The number of benzene rings is 1. The molecule has 1 N–H and O–H groups in total. The van der Waals surface area contributed by atoms with Gasteiger partial charge in [0.25, 0.3) is 0 Å². The van der Waals surface area contributed by atoms with Crippen LogP contribution >= 0.6 is 0 Å². The largest absolute Gasteiger partial charge is 0.508 e. The van der Waals surface area contributed by atoms with Crippen molar-refractivity contribution in [1.82, 2.24) is 9.80 Å². The van der Waals surface area contributed by atoms with Gasteiger partial charge in [0.2, 0.25) is 5.91 Å². The third kappa shape index (κ3) is 3.46. The molecule has 6 heteroatoms. The maximum Gasteiger partial charge on any atom is 0.240 e. The quantitative estimate of drug-likeness (QED) is 0.895. The van der Waals surface area contributed by atoms with Crippen LogP contribution < -0.4 is 4.90 Å². The number of amides is 1. The van der Waals surface area contributed by atoms with E-state index in [4.69, 9.17) is 4.74 Å². The van der Waals surface area contributed by atoms with Gasteiger partial charge in [0.1, 0.15) is 5.75 Å². The molecule has 3 fully saturated rings. The smallest absolute Gasteiger partial charge is 0.240 e. The van der Waals surface area contributed by atoms with Gasteiger partial charge >= 0.3 is 0 Å². The van der Waals surface area contributed by atoms with Crippen LogP contribution in [0.5, 0.6) is 5.75 Å². The van der Waals surface area contributed by atoms with Crippen LogP contribution in [0.25, 0.3) is 0 Å². The zero-order valence-corrected chi connectivity index (χ0v) is 14.6. The van der Waals surface area contributed by atoms with Crippen LogP contribution in [0.1, 0.15) is 19.3 Å². The molecule has 0 saturated carbocycles. The predicted octanol–water partition coefficient (Wildman–Crippen LogP) is 1.29. The molecule has 1 amide bonds. The van der Waals surface area contributed by atoms with Gasteiger partial charge in [0.05, 0.1) is 6.04 Å². The molecule has 0 bridgehead atoms. The average Bonchev–Trinajstić information content (AvgIpc) is 3.05. The van der Waals surface area contributed by atoms with Crippen molar-refractivity contribution in [2.45, 2.75) is 31.3 Å². The molecule has 25 heavy (non-hydrogen) atoms. The maximum atomic E-state index is 12.9. The fraction of sp³-hybridized carbons (Fsp3) is 0.632. The van der Waals surface area contributed by atoms with E-state index in [0.29, 0.717) is 17.7 Å². The summed E-state index contributed by atoms with van der Waals surface area (Å²) in [5.74, 6) is 0.622. The van der Waals surface area contributed by atoms with E-state index in [1.165, 1.54) is 0 Å². The van der Waals surface area contributed by atoms with Gasteiger partial charge in [-0.2, -0.15) is 0 Å². The van der Waals surface area contributed by atoms with Crippen LogP contribution in [0.4, 0.5) is 5.69 Å². The number of rotatable bonds is 3. The summed E-state index contributed by atoms with van der Waals surface area (Å²) in [6.07, 6.45) is 2.91. The Kier molecular flexibility index (Phi) is 4.81. The molecule has 3 aliphatic rings. The Bertz CT molecular complexity index is 592. The van der Waals surface area contributed by atoms with Crippen molar-refractivity contribution in [2.75, 3.05) is 50.8 Å². The molecular weight excluding hydrogens is 318 g/mol. The van der Waals surface area contributed by atoms with Crippen LogP contribution in [-0.2, 0) is 9.53 Å². The zero-order chi connectivity index (χ0) is 17.2. The highest BCUT2D eigenvalue weighted by Gasteiger charge is 2.40. The third-order valence-electron chi connectivity index (χ3n) is 5.81. The summed E-state index contributed by atoms with van der Waals surface area (Å²) in [5, 5.41) is 9.43. The van der Waals surface area contributed by atoms with E-state index >= 15 is 0 Å². The maximum absolute atomic E-state index is 12.9. The van der Waals surface area contributed by atoms with Gasteiger partial charge in [-0.05, 0) is 43.5 Å². The molecule has 0 radical (unpaired) electrons. The van der Waals surface area contributed by atoms with Crippen LogP contribution in [0.15, 0.2) is 24.3 Å². The summed E-state index contributed by atoms with van der Waals surface area (Å²) >= 11 is 0. The number of likely N-dealkylation sites (tertiary alicyclic amines) is 1. The van der Waals surface area contributed by atoms with Crippen molar-refractivity contribution in [3.63, 3.8) is 0 Å². The number of hydrogen-bond acceptors (Lipinski definition) is 5. The average molecular weight is 345 g/mol. The summed E-state index contributed by atoms with van der Waals surface area (Å²) in [7, 11) is 0. The minimum Gasteiger partial charge on any atom is -0.508 e. The Morgan fingerprint density at radius 1 is 0.920 bits per heavy atom. The van der Waals surface area contributed by atoms with E-state index < -0.39 is 0 Å². The second-order valence-electron chi connectivity index (χ2n) is 7.22. The second kappa shape index (κ2) is 7.22. The minimum atomic E-state index is 0.0600. The summed E-state index contributed by atoms with van der Waals surface area (Å²) in [5.41, 5.74) is 1.14. The lowest BCUT2D eigenvalue weighted by Gasteiger charge is -2.39. The summed E-state index contributed by atoms with van der Waals surface area (Å²) < 4.78 is 5.43. The molecule has 1 aromatic rings. The molecule has 0 spiro atoms. The van der Waals surface area contributed by atoms with E-state index in [1.54, 1.807) is 12.1 Å². The summed E-state index contributed by atoms with van der Waals surface area (Å²) in [6, 6.07) is 7.81. The van der Waals surface area contributed by atoms with Crippen molar-refractivity contribution in [3.05, 3.63) is 24.3 Å². The molecule has 3 aliphatic heterocycles. The first-order valence-electron chi connectivity index (χ1n) is 9.38. The Balaban J connectivity index is 1.33. The number of anilines is 1. The lowest BCUT2D eigenvalue weighted by atomic mass is 10.1. The summed E-state index contributed by atoms with van der Waals surface area (Å²) in [6.45, 7) is 6.14. The Morgan fingerprint density at radius 3 is 2.28 bits per heavy atom. The SMILES string of the molecule is O=C1[C@@H](N2CCN(c3ccc(O)cc3)CC2)CCN1C1CCOCC1. The van der Waals surface area contributed by atoms with Gasteiger partial charge in [-0.3, -0.25) is 9.69 Å². The van der Waals surface area contributed by atoms with Gasteiger partial charge in [-0.1, -0.05) is 0 Å². The van der Waals surface area contributed by atoms with Gasteiger partial charge < -0.3 is 19.6 Å². The van der Waals surface area contributed by atoms with Gasteiger partial charge in [0.15, 0.2) is 0 Å². The molecule has 136 valence electrons. The lowest BCUT2D eigenvalue weighted by Crippen LogP contribution is -2.53. The Hall–Kier alpha value is -1.79. The number of carbonyl (C=O) groups excluding carboxylic acids is 1. The zero-order valence-electron chi connectivity index (χ0n) is 14.6. The Morgan fingerprint density at radius 2 is 1.60 bits per heavy atom. The van der Waals surface area contributed by atoms with E-state index in [-0.39, 0.29) is 6.04 Å². The molecule has 3 heterocycles. The number of phenols is 1. The number of nitrogens with zero attached hydrogens (tertiary/aromatic N) is 3. The van der Waals surface area contributed by atoms with Crippen molar-refractivity contribution in [2.24, 2.45) is 0 Å². The number of carbonyl (C=O) groups is 1. The molecule has 0 unspecified atom stereocenters. The molecule has 1 aromatic carbocycles. The van der Waals surface area contributed by atoms with Crippen molar-refractivity contribution < 1.29 is 14.6 Å². The van der Waals surface area contributed by atoms with Crippen LogP contribution in [-0.4, -0.2) is 78.8 Å². The summed E-state index contributed by atoms with van der Waals surface area (Å²) in [4.78, 5) is 19.7. The fourth-order valence-corrected chi connectivity index (χ4v) is 4.34. The number of piperazine rings is 1. The molecule has 0 aliphatic carbocycles. The highest BCUT2D eigenvalue weighted by atomic mass is 16.5. The lowest BCUT2D eigenvalue weighted by molar-refractivity contribution is -0.135. The number of ether oxygens (including phenoxy) is 1. The van der Waals surface area contributed by atoms with Crippen molar-refractivity contribution in [3.8, 4) is 5.75 Å². The van der Waals surface area contributed by atoms with E-state index in [2.05, 4.69) is 14.7 Å². The molecule has 4 rings (SSSR count). The van der Waals surface area contributed by atoms with Gasteiger partial charge in [-0.25, -0.2) is 0 Å². The molecule has 3 saturated heterocycles. The third-order valence-corrected chi connectivity index (χ3v) is 5.81. The molecule has 1 atom stereocenters. The van der Waals surface area contributed by atoms with E-state index in [9.17, 15) is 9.90 Å². The topological polar surface area (TPSA) is 56.2 Å². The van der Waals surface area contributed by atoms with Crippen LogP contribution in [0.3, 0.4) is 0 Å². The minimum absolute atomic E-state index is 0.0600. The highest BCUT2D eigenvalue weighted by Crippen LogP contribution is 2.26. The van der Waals surface area contributed by atoms with E-state index in [0.717, 1.165) is 70.9 Å². The number of phenolic OH excluding ortho intramolecular Hbond substituents is 1. The normalized spacial score (nSPS) is 26.4. The standard InChI is InChI=1S/C19H27N3O3/c23-17-3-1-15(2-4-17)20-9-11-21(12-10-20)18-5-8-22(19(18)24)16-6-13-25-14-7-16/h1-4,16,18,23H,5-14H2/t18-/m0/s1. The van der Waals surface area contributed by atoms with Gasteiger partial charge in [-0.15, -0.1) is 0 Å². The monoisotopic (exact) mass is 345 g/mol. The van der Waals surface area contributed by atoms with Crippen LogP contribution in [0, 0.1) is 0 Å². The fourth-order valence-electron chi connectivity index (χ4n) is 4.34. The first-order chi connectivity index (χ1) is 12.2. The van der Waals surface area contributed by atoms with E-state index in [1.807, 2.05) is 12.1 Å². The second-order valence-corrected chi connectivity index (χ2v) is 7.22. The number of hydrogen-bond donors (Lipinski definition) is 1. The highest BCUT2D eigenvalue weighted by molar-refractivity contribution is 5.84. The first-order valence-corrected chi connectivity index (χ1v) is 9.38. The Labute approximate surface area is 149 Å². The van der Waals surface area contributed by atoms with Crippen molar-refractivity contribution in [1.29, 1.82) is 0 Å². The number of aromatic hydroxyl groups is 1. The predicted molar refractivity (Wildman–Crippen MR) is 95.9 cm³/mol. The molecular formula is C19H27N3O3. The molecule has 6 nitrogen and oxygen atoms in total. The van der Waals surface area contributed by atoms with Crippen molar-refractivity contribution >= 4 is 11.6 Å². The first kappa shape index (κ1) is 16.7.